The fraction of sp³-hybridized carbons (Fsp3) is 0.500. The Morgan fingerprint density at radius 3 is 2.42 bits per heavy atom. The van der Waals surface area contributed by atoms with Gasteiger partial charge in [-0.05, 0) is 31.9 Å². The van der Waals surface area contributed by atoms with E-state index in [4.69, 9.17) is 0 Å². The van der Waals surface area contributed by atoms with Crippen LogP contribution in [0.25, 0.3) is 0 Å². The van der Waals surface area contributed by atoms with Crippen molar-refractivity contribution < 1.29 is 9.59 Å². The van der Waals surface area contributed by atoms with E-state index in [-0.39, 0.29) is 17.7 Å². The lowest BCUT2D eigenvalue weighted by atomic mass is 10.0. The molecule has 5 heteroatoms. The maximum Gasteiger partial charge on any atom is 0.217 e. The molecule has 0 unspecified atom stereocenters. The molecule has 1 N–H and O–H groups in total. The van der Waals surface area contributed by atoms with Crippen molar-refractivity contribution in [2.24, 2.45) is 0 Å². The Morgan fingerprint density at radius 1 is 1.26 bits per heavy atom. The first-order chi connectivity index (χ1) is 9.06. The molecule has 5 nitrogen and oxygen atoms in total. The summed E-state index contributed by atoms with van der Waals surface area (Å²) in [6, 6.07) is 3.96. The van der Waals surface area contributed by atoms with Gasteiger partial charge in [-0.1, -0.05) is 0 Å². The summed E-state index contributed by atoms with van der Waals surface area (Å²) in [5.41, 5.74) is 0.636. The first-order valence-electron chi connectivity index (χ1n) is 6.55. The molecule has 2 rings (SSSR count). The van der Waals surface area contributed by atoms with Crippen LogP contribution in [0.3, 0.4) is 0 Å². The Balaban J connectivity index is 1.94. The van der Waals surface area contributed by atoms with Crippen molar-refractivity contribution in [3.63, 3.8) is 0 Å². The molecule has 2 heterocycles. The van der Waals surface area contributed by atoms with Crippen LogP contribution in [-0.4, -0.2) is 35.8 Å². The minimum Gasteiger partial charge on any atom is -0.356 e. The first-order valence-corrected chi connectivity index (χ1v) is 6.55. The molecule has 0 aromatic carbocycles. The minimum atomic E-state index is 0.0300. The molecule has 0 bridgehead atoms. The molecular weight excluding hydrogens is 242 g/mol. The highest BCUT2D eigenvalue weighted by atomic mass is 16.1. The van der Waals surface area contributed by atoms with Gasteiger partial charge in [-0.3, -0.25) is 9.59 Å². The number of rotatable bonds is 3. The third kappa shape index (κ3) is 3.53. The lowest BCUT2D eigenvalue weighted by molar-refractivity contribution is -0.119. The predicted molar refractivity (Wildman–Crippen MR) is 73.3 cm³/mol. The van der Waals surface area contributed by atoms with Gasteiger partial charge in [0.25, 0.3) is 0 Å². The Hall–Kier alpha value is -1.91. The van der Waals surface area contributed by atoms with Crippen molar-refractivity contribution in [3.8, 4) is 0 Å². The van der Waals surface area contributed by atoms with Crippen molar-refractivity contribution in [1.29, 1.82) is 0 Å². The maximum atomic E-state index is 11.2. The van der Waals surface area contributed by atoms with Crippen molar-refractivity contribution in [1.82, 2.24) is 10.3 Å². The van der Waals surface area contributed by atoms with Gasteiger partial charge in [0.2, 0.25) is 5.91 Å². The molecule has 0 aliphatic carbocycles. The molecular formula is C14H19N3O2. The van der Waals surface area contributed by atoms with E-state index >= 15 is 0 Å². The molecule has 1 fully saturated rings. The van der Waals surface area contributed by atoms with Crippen molar-refractivity contribution in [2.45, 2.75) is 32.7 Å². The molecule has 1 aliphatic rings. The van der Waals surface area contributed by atoms with E-state index in [1.807, 2.05) is 12.1 Å². The van der Waals surface area contributed by atoms with Gasteiger partial charge in [-0.2, -0.15) is 0 Å². The molecule has 0 atom stereocenters. The smallest absolute Gasteiger partial charge is 0.217 e. The summed E-state index contributed by atoms with van der Waals surface area (Å²) in [4.78, 5) is 28.7. The highest BCUT2D eigenvalue weighted by Gasteiger charge is 2.20. The van der Waals surface area contributed by atoms with Gasteiger partial charge in [0.05, 0.1) is 0 Å². The van der Waals surface area contributed by atoms with Crippen LogP contribution in [0, 0.1) is 0 Å². The molecule has 1 aromatic rings. The standard InChI is InChI=1S/C14H19N3O2/c1-10(18)12-3-4-14(15-9-12)17-7-5-13(6-8-17)16-11(2)19/h3-4,9,13H,5-8H2,1-2H3,(H,16,19). The highest BCUT2D eigenvalue weighted by Crippen LogP contribution is 2.18. The summed E-state index contributed by atoms with van der Waals surface area (Å²) in [6.45, 7) is 4.83. The van der Waals surface area contributed by atoms with Gasteiger partial charge in [-0.15, -0.1) is 0 Å². The van der Waals surface area contributed by atoms with Crippen LogP contribution in [0.4, 0.5) is 5.82 Å². The van der Waals surface area contributed by atoms with Crippen LogP contribution < -0.4 is 10.2 Å². The number of nitrogens with one attached hydrogen (secondary N) is 1. The molecule has 1 aliphatic heterocycles. The van der Waals surface area contributed by atoms with Gasteiger partial charge < -0.3 is 10.2 Å². The molecule has 1 saturated heterocycles. The first kappa shape index (κ1) is 13.5. The number of hydrogen-bond donors (Lipinski definition) is 1. The van der Waals surface area contributed by atoms with E-state index in [9.17, 15) is 9.59 Å². The van der Waals surface area contributed by atoms with Crippen LogP contribution in [0.5, 0.6) is 0 Å². The van der Waals surface area contributed by atoms with Crippen molar-refractivity contribution in [2.75, 3.05) is 18.0 Å². The van der Waals surface area contributed by atoms with E-state index in [0.717, 1.165) is 31.7 Å². The lowest BCUT2D eigenvalue weighted by Gasteiger charge is -2.33. The molecule has 1 amide bonds. The summed E-state index contributed by atoms with van der Waals surface area (Å²) in [6.07, 6.45) is 3.48. The van der Waals surface area contributed by atoms with E-state index in [2.05, 4.69) is 15.2 Å². The third-order valence-corrected chi connectivity index (χ3v) is 3.38. The van der Waals surface area contributed by atoms with E-state index in [1.54, 1.807) is 13.1 Å². The zero-order chi connectivity index (χ0) is 13.8. The zero-order valence-corrected chi connectivity index (χ0v) is 11.3. The van der Waals surface area contributed by atoms with Crippen LogP contribution in [0.2, 0.25) is 0 Å². The van der Waals surface area contributed by atoms with E-state index < -0.39 is 0 Å². The number of ketones is 1. The van der Waals surface area contributed by atoms with Crippen LogP contribution in [0.15, 0.2) is 18.3 Å². The number of hydrogen-bond acceptors (Lipinski definition) is 4. The molecule has 0 saturated carbocycles. The number of amides is 1. The number of nitrogens with zero attached hydrogens (tertiary/aromatic N) is 2. The van der Waals surface area contributed by atoms with E-state index in [1.165, 1.54) is 6.92 Å². The maximum absolute atomic E-state index is 11.2. The van der Waals surface area contributed by atoms with Crippen LogP contribution in [-0.2, 0) is 4.79 Å². The Morgan fingerprint density at radius 2 is 1.95 bits per heavy atom. The highest BCUT2D eigenvalue weighted by molar-refractivity contribution is 5.93. The number of aromatic nitrogens is 1. The zero-order valence-electron chi connectivity index (χ0n) is 11.3. The third-order valence-electron chi connectivity index (χ3n) is 3.38. The number of piperidine rings is 1. The van der Waals surface area contributed by atoms with Crippen molar-refractivity contribution >= 4 is 17.5 Å². The summed E-state index contributed by atoms with van der Waals surface area (Å²) in [5.74, 6) is 0.956. The summed E-state index contributed by atoms with van der Waals surface area (Å²) < 4.78 is 0. The second-order valence-corrected chi connectivity index (χ2v) is 4.92. The second kappa shape index (κ2) is 5.82. The number of carbonyl (C=O) groups is 2. The van der Waals surface area contributed by atoms with Crippen LogP contribution >= 0.6 is 0 Å². The summed E-state index contributed by atoms with van der Waals surface area (Å²) in [7, 11) is 0. The van der Waals surface area contributed by atoms with Gasteiger partial charge >= 0.3 is 0 Å². The quantitative estimate of drug-likeness (QED) is 0.835. The number of carbonyl (C=O) groups excluding carboxylic acids is 2. The molecule has 0 radical (unpaired) electrons. The Kier molecular flexibility index (Phi) is 4.14. The normalized spacial score (nSPS) is 16.2. The van der Waals surface area contributed by atoms with Gasteiger partial charge in [0, 0.05) is 37.8 Å². The average Bonchev–Trinajstić information content (AvgIpc) is 2.39. The predicted octanol–water partition coefficient (Wildman–Crippen LogP) is 1.39. The fourth-order valence-corrected chi connectivity index (χ4v) is 2.32. The largest absolute Gasteiger partial charge is 0.356 e. The molecule has 0 spiro atoms. The molecule has 1 aromatic heterocycles. The fourth-order valence-electron chi connectivity index (χ4n) is 2.32. The lowest BCUT2D eigenvalue weighted by Crippen LogP contribution is -2.44. The number of anilines is 1. The Labute approximate surface area is 113 Å². The molecule has 102 valence electrons. The Bertz CT molecular complexity index is 462. The SMILES string of the molecule is CC(=O)NC1CCN(c2ccc(C(C)=O)cn2)CC1. The average molecular weight is 261 g/mol. The number of Topliss-reactive ketones (excluding diaryl/α,β-unsaturated/α-hetero) is 1. The van der Waals surface area contributed by atoms with Gasteiger partial charge in [0.1, 0.15) is 5.82 Å². The monoisotopic (exact) mass is 261 g/mol. The van der Waals surface area contributed by atoms with E-state index in [0.29, 0.717) is 5.56 Å². The van der Waals surface area contributed by atoms with Gasteiger partial charge in [0.15, 0.2) is 5.78 Å². The van der Waals surface area contributed by atoms with Crippen LogP contribution in [0.1, 0.15) is 37.0 Å². The minimum absolute atomic E-state index is 0.0300. The van der Waals surface area contributed by atoms with Gasteiger partial charge in [-0.25, -0.2) is 4.98 Å². The summed E-state index contributed by atoms with van der Waals surface area (Å²) in [5, 5.41) is 2.95. The summed E-state index contributed by atoms with van der Waals surface area (Å²) >= 11 is 0. The number of pyridine rings is 1. The molecule has 19 heavy (non-hydrogen) atoms. The second-order valence-electron chi connectivity index (χ2n) is 4.92. The topological polar surface area (TPSA) is 62.3 Å². The van der Waals surface area contributed by atoms with Crippen molar-refractivity contribution in [3.05, 3.63) is 23.9 Å².